The fourth-order valence-corrected chi connectivity index (χ4v) is 2.74. The maximum atomic E-state index is 13.5. The first kappa shape index (κ1) is 16.0. The molecule has 0 spiro atoms. The second kappa shape index (κ2) is 6.70. The summed E-state index contributed by atoms with van der Waals surface area (Å²) in [6.07, 6.45) is 0.347. The van der Waals surface area contributed by atoms with Crippen molar-refractivity contribution in [2.45, 2.75) is 19.9 Å². The maximum Gasteiger partial charge on any atom is 0.226 e. The van der Waals surface area contributed by atoms with Crippen LogP contribution in [0.2, 0.25) is 0 Å². The van der Waals surface area contributed by atoms with Crippen LogP contribution in [0.25, 0.3) is 0 Å². The summed E-state index contributed by atoms with van der Waals surface area (Å²) in [6.45, 7) is 2.61. The van der Waals surface area contributed by atoms with Crippen LogP contribution in [0.1, 0.15) is 18.9 Å². The van der Waals surface area contributed by atoms with Crippen LogP contribution in [0.3, 0.4) is 0 Å². The van der Waals surface area contributed by atoms with Crippen LogP contribution in [-0.4, -0.2) is 18.4 Å². The van der Waals surface area contributed by atoms with Gasteiger partial charge in [-0.2, -0.15) is 0 Å². The number of anilines is 3. The van der Waals surface area contributed by atoms with Crippen LogP contribution in [0.4, 0.5) is 21.5 Å². The Morgan fingerprint density at radius 1 is 1.25 bits per heavy atom. The molecule has 5 nitrogen and oxygen atoms in total. The van der Waals surface area contributed by atoms with E-state index in [4.69, 9.17) is 0 Å². The maximum absolute atomic E-state index is 13.5. The molecule has 2 amide bonds. The summed E-state index contributed by atoms with van der Waals surface area (Å²) in [5, 5.41) is 5.47. The molecule has 124 valence electrons. The van der Waals surface area contributed by atoms with E-state index < -0.39 is 0 Å². The third-order valence-corrected chi connectivity index (χ3v) is 3.83. The Labute approximate surface area is 139 Å². The molecule has 3 rings (SSSR count). The lowest BCUT2D eigenvalue weighted by atomic mass is 10.1. The fourth-order valence-electron chi connectivity index (χ4n) is 2.74. The van der Waals surface area contributed by atoms with E-state index in [9.17, 15) is 14.0 Å². The first-order valence-corrected chi connectivity index (χ1v) is 7.72. The standard InChI is InChI=1S/C18H18FN3O2/c1-12(23)20-15-5-2-13(3-6-15)11-22-9-8-18(24)21-16-10-14(19)4-7-17(16)22/h2-7,10H,8-9,11H2,1H3,(H,20,23)(H,21,24). The molecule has 24 heavy (non-hydrogen) atoms. The van der Waals surface area contributed by atoms with E-state index in [1.165, 1.54) is 19.1 Å². The molecule has 0 fully saturated rings. The van der Waals surface area contributed by atoms with Gasteiger partial charge in [-0.15, -0.1) is 0 Å². The van der Waals surface area contributed by atoms with Gasteiger partial charge in [-0.25, -0.2) is 4.39 Å². The van der Waals surface area contributed by atoms with Gasteiger partial charge in [0.2, 0.25) is 11.8 Å². The van der Waals surface area contributed by atoms with Gasteiger partial charge in [0, 0.05) is 32.1 Å². The summed E-state index contributed by atoms with van der Waals surface area (Å²) in [7, 11) is 0. The van der Waals surface area contributed by atoms with Crippen LogP contribution in [-0.2, 0) is 16.1 Å². The van der Waals surface area contributed by atoms with Gasteiger partial charge >= 0.3 is 0 Å². The number of hydrogen-bond donors (Lipinski definition) is 2. The van der Waals surface area contributed by atoms with Crippen molar-refractivity contribution in [2.24, 2.45) is 0 Å². The quantitative estimate of drug-likeness (QED) is 0.910. The Balaban J connectivity index is 1.82. The van der Waals surface area contributed by atoms with Gasteiger partial charge in [-0.05, 0) is 35.9 Å². The minimum Gasteiger partial charge on any atom is -0.365 e. The second-order valence-electron chi connectivity index (χ2n) is 5.76. The Kier molecular flexibility index (Phi) is 4.46. The third kappa shape index (κ3) is 3.71. The van der Waals surface area contributed by atoms with Crippen molar-refractivity contribution < 1.29 is 14.0 Å². The van der Waals surface area contributed by atoms with Crippen molar-refractivity contribution in [1.29, 1.82) is 0 Å². The van der Waals surface area contributed by atoms with Crippen molar-refractivity contribution in [2.75, 3.05) is 22.1 Å². The molecule has 1 heterocycles. The molecule has 0 aliphatic carbocycles. The summed E-state index contributed by atoms with van der Waals surface area (Å²) < 4.78 is 13.5. The molecule has 1 aliphatic heterocycles. The Hall–Kier alpha value is -2.89. The molecular formula is C18H18FN3O2. The summed E-state index contributed by atoms with van der Waals surface area (Å²) >= 11 is 0. The number of carbonyl (C=O) groups excluding carboxylic acids is 2. The largest absolute Gasteiger partial charge is 0.365 e. The van der Waals surface area contributed by atoms with Crippen molar-refractivity contribution in [3.63, 3.8) is 0 Å². The number of fused-ring (bicyclic) bond motifs is 1. The van der Waals surface area contributed by atoms with E-state index in [2.05, 4.69) is 10.6 Å². The monoisotopic (exact) mass is 327 g/mol. The minimum atomic E-state index is -0.379. The number of nitrogens with one attached hydrogen (secondary N) is 2. The van der Waals surface area contributed by atoms with E-state index in [1.54, 1.807) is 6.07 Å². The average Bonchev–Trinajstić information content (AvgIpc) is 2.67. The number of carbonyl (C=O) groups is 2. The fraction of sp³-hybridized carbons (Fsp3) is 0.222. The molecule has 2 aromatic carbocycles. The highest BCUT2D eigenvalue weighted by atomic mass is 19.1. The molecule has 0 radical (unpaired) electrons. The van der Waals surface area contributed by atoms with Gasteiger partial charge in [-0.1, -0.05) is 12.1 Å². The van der Waals surface area contributed by atoms with Crippen LogP contribution >= 0.6 is 0 Å². The van der Waals surface area contributed by atoms with Gasteiger partial charge in [0.15, 0.2) is 0 Å². The number of hydrogen-bond acceptors (Lipinski definition) is 3. The van der Waals surface area contributed by atoms with Crippen LogP contribution in [0.15, 0.2) is 42.5 Å². The molecule has 0 saturated heterocycles. The lowest BCUT2D eigenvalue weighted by Crippen LogP contribution is -2.24. The first-order chi connectivity index (χ1) is 11.5. The van der Waals surface area contributed by atoms with Crippen LogP contribution < -0.4 is 15.5 Å². The van der Waals surface area contributed by atoms with E-state index in [-0.39, 0.29) is 17.6 Å². The van der Waals surface area contributed by atoms with Gasteiger partial charge in [0.25, 0.3) is 0 Å². The van der Waals surface area contributed by atoms with E-state index in [0.717, 1.165) is 16.9 Å². The highest BCUT2D eigenvalue weighted by molar-refractivity contribution is 5.96. The molecule has 0 aromatic heterocycles. The number of rotatable bonds is 3. The molecule has 0 atom stereocenters. The highest BCUT2D eigenvalue weighted by Gasteiger charge is 2.19. The van der Waals surface area contributed by atoms with E-state index in [1.807, 2.05) is 29.2 Å². The normalized spacial score (nSPS) is 13.8. The molecule has 1 aliphatic rings. The van der Waals surface area contributed by atoms with Crippen LogP contribution in [0, 0.1) is 5.82 Å². The predicted molar refractivity (Wildman–Crippen MR) is 91.4 cm³/mol. The summed E-state index contributed by atoms with van der Waals surface area (Å²) in [4.78, 5) is 24.9. The number of halogens is 1. The van der Waals surface area contributed by atoms with Crippen LogP contribution in [0.5, 0.6) is 0 Å². The van der Waals surface area contributed by atoms with E-state index >= 15 is 0 Å². The summed E-state index contributed by atoms with van der Waals surface area (Å²) in [5.74, 6) is -0.614. The molecular weight excluding hydrogens is 309 g/mol. The SMILES string of the molecule is CC(=O)Nc1ccc(CN2CCC(=O)Nc3cc(F)ccc32)cc1. The van der Waals surface area contributed by atoms with Crippen molar-refractivity contribution in [3.8, 4) is 0 Å². The molecule has 6 heteroatoms. The van der Waals surface area contributed by atoms with Gasteiger partial charge in [-0.3, -0.25) is 9.59 Å². The van der Waals surface area contributed by atoms with Gasteiger partial charge < -0.3 is 15.5 Å². The molecule has 0 unspecified atom stereocenters. The predicted octanol–water partition coefficient (Wildman–Crippen LogP) is 3.13. The third-order valence-electron chi connectivity index (χ3n) is 3.83. The Morgan fingerprint density at radius 3 is 2.71 bits per heavy atom. The van der Waals surface area contributed by atoms with Gasteiger partial charge in [0.05, 0.1) is 11.4 Å². The van der Waals surface area contributed by atoms with Gasteiger partial charge in [0.1, 0.15) is 5.82 Å². The molecule has 0 bridgehead atoms. The molecule has 2 N–H and O–H groups in total. The Bertz CT molecular complexity index is 774. The highest BCUT2D eigenvalue weighted by Crippen LogP contribution is 2.30. The number of amides is 2. The Morgan fingerprint density at radius 2 is 2.00 bits per heavy atom. The van der Waals surface area contributed by atoms with E-state index in [0.29, 0.717) is 25.2 Å². The minimum absolute atomic E-state index is 0.115. The molecule has 0 saturated carbocycles. The number of benzene rings is 2. The van der Waals surface area contributed by atoms with Crippen molar-refractivity contribution in [3.05, 3.63) is 53.8 Å². The topological polar surface area (TPSA) is 61.4 Å². The summed E-state index contributed by atoms with van der Waals surface area (Å²) in [6, 6.07) is 11.9. The summed E-state index contributed by atoms with van der Waals surface area (Å²) in [5.41, 5.74) is 3.07. The van der Waals surface area contributed by atoms with Crippen molar-refractivity contribution in [1.82, 2.24) is 0 Å². The lowest BCUT2D eigenvalue weighted by Gasteiger charge is -2.24. The zero-order chi connectivity index (χ0) is 17.1. The first-order valence-electron chi connectivity index (χ1n) is 7.72. The average molecular weight is 327 g/mol. The smallest absolute Gasteiger partial charge is 0.226 e. The zero-order valence-electron chi connectivity index (χ0n) is 13.3. The van der Waals surface area contributed by atoms with Crippen molar-refractivity contribution >= 4 is 28.9 Å². The lowest BCUT2D eigenvalue weighted by molar-refractivity contribution is -0.116. The number of nitrogens with zero attached hydrogens (tertiary/aromatic N) is 1. The zero-order valence-corrected chi connectivity index (χ0v) is 13.3. The second-order valence-corrected chi connectivity index (χ2v) is 5.76. The molecule has 2 aromatic rings.